The van der Waals surface area contributed by atoms with Crippen LogP contribution < -0.4 is 40.2 Å². The molecule has 0 spiro atoms. The van der Waals surface area contributed by atoms with Crippen molar-refractivity contribution in [1.29, 1.82) is 0 Å². The van der Waals surface area contributed by atoms with Crippen LogP contribution in [0.1, 0.15) is 97.1 Å². The summed E-state index contributed by atoms with van der Waals surface area (Å²) in [6.07, 6.45) is 0. The topological polar surface area (TPSA) is 160 Å². The number of carbonyl (C=O) groups excluding carboxylic acids is 4. The fraction of sp³-hybridized carbons (Fsp3) is 0.237. The molecule has 4 N–H and O–H groups in total. The first-order valence-electron chi connectivity index (χ1n) is 30.7. The maximum atomic E-state index is 13.6. The zero-order valence-electron chi connectivity index (χ0n) is 51.8. The van der Waals surface area contributed by atoms with Gasteiger partial charge < -0.3 is 40.2 Å². The molecule has 14 nitrogen and oxygen atoms in total. The maximum absolute atomic E-state index is 13.6. The largest absolute Gasteiger partial charge is 0.491 e. The normalized spacial score (nSPS) is 11.0. The number of hydrogen-bond acceptors (Lipinski definition) is 10. The van der Waals surface area contributed by atoms with Crippen LogP contribution in [0.5, 0.6) is 23.0 Å². The van der Waals surface area contributed by atoms with E-state index in [-0.39, 0.29) is 50.1 Å². The molecule has 0 aromatic heterocycles. The van der Waals surface area contributed by atoms with Gasteiger partial charge in [-0.1, -0.05) is 170 Å². The van der Waals surface area contributed by atoms with E-state index in [4.69, 9.17) is 18.9 Å². The fourth-order valence-corrected chi connectivity index (χ4v) is 10.7. The Morgan fingerprint density at radius 2 is 0.489 bits per heavy atom. The molecule has 0 aliphatic heterocycles. The molecule has 0 radical (unpaired) electrons. The minimum atomic E-state index is -0.226. The highest BCUT2D eigenvalue weighted by molar-refractivity contribution is 5.98. The van der Waals surface area contributed by atoms with Gasteiger partial charge in [0.05, 0.1) is 22.3 Å². The van der Waals surface area contributed by atoms with Crippen LogP contribution in [0.2, 0.25) is 0 Å². The number of carbonyl (C=O) groups is 4. The Morgan fingerprint density at radius 1 is 0.289 bits per heavy atom. The van der Waals surface area contributed by atoms with Gasteiger partial charge in [0.15, 0.2) is 0 Å². The first-order chi connectivity index (χ1) is 44.0. The van der Waals surface area contributed by atoms with E-state index in [1.807, 2.05) is 194 Å². The molecule has 462 valence electrons. The lowest BCUT2D eigenvalue weighted by molar-refractivity contribution is 0.0935. The van der Waals surface area contributed by atoms with Gasteiger partial charge in [-0.3, -0.25) is 29.0 Å². The molecular weight excluding hydrogens is 1120 g/mol. The van der Waals surface area contributed by atoms with Gasteiger partial charge in [0.2, 0.25) is 0 Å². The van der Waals surface area contributed by atoms with Gasteiger partial charge in [-0.2, -0.15) is 0 Å². The van der Waals surface area contributed by atoms with Gasteiger partial charge in [-0.25, -0.2) is 0 Å². The molecule has 0 fully saturated rings. The Kier molecular flexibility index (Phi) is 23.9. The van der Waals surface area contributed by atoms with E-state index in [0.29, 0.717) is 111 Å². The van der Waals surface area contributed by atoms with Crippen molar-refractivity contribution < 1.29 is 38.1 Å². The van der Waals surface area contributed by atoms with Crippen LogP contribution in [0.4, 0.5) is 0 Å². The third kappa shape index (κ3) is 18.5. The highest BCUT2D eigenvalue weighted by Crippen LogP contribution is 2.30. The quantitative estimate of drug-likeness (QED) is 0.0320. The number of rotatable bonds is 32. The first-order valence-corrected chi connectivity index (χ1v) is 30.7. The predicted octanol–water partition coefficient (Wildman–Crippen LogP) is 12.6. The molecule has 0 aliphatic carbocycles. The van der Waals surface area contributed by atoms with Crippen LogP contribution >= 0.6 is 0 Å². The summed E-state index contributed by atoms with van der Waals surface area (Å²) in [5.41, 5.74) is 12.7. The molecule has 0 aliphatic rings. The van der Waals surface area contributed by atoms with Crippen molar-refractivity contribution in [2.24, 2.45) is 0 Å². The summed E-state index contributed by atoms with van der Waals surface area (Å²) in [5.74, 6) is 1.04. The highest BCUT2D eigenvalue weighted by Gasteiger charge is 2.23. The van der Waals surface area contributed by atoms with E-state index in [1.54, 1.807) is 24.3 Å². The van der Waals surface area contributed by atoms with E-state index >= 15 is 0 Å². The van der Waals surface area contributed by atoms with Crippen LogP contribution in [0, 0.1) is 27.7 Å². The molecule has 9 rings (SSSR count). The summed E-state index contributed by atoms with van der Waals surface area (Å²) >= 11 is 0. The number of amides is 4. The van der Waals surface area contributed by atoms with Crippen molar-refractivity contribution in [2.75, 3.05) is 52.6 Å². The molecule has 14 heteroatoms. The van der Waals surface area contributed by atoms with Gasteiger partial charge >= 0.3 is 0 Å². The highest BCUT2D eigenvalue weighted by atomic mass is 16.5. The molecular formula is C76H80N6O8. The lowest BCUT2D eigenvalue weighted by Crippen LogP contribution is -2.34. The number of benzene rings is 9. The zero-order valence-corrected chi connectivity index (χ0v) is 51.8. The number of nitrogens with zero attached hydrogens (tertiary/aromatic N) is 2. The summed E-state index contributed by atoms with van der Waals surface area (Å²) in [5, 5.41) is 12.2. The van der Waals surface area contributed by atoms with Crippen molar-refractivity contribution in [3.8, 4) is 23.0 Å². The molecule has 9 aromatic rings. The van der Waals surface area contributed by atoms with Gasteiger partial charge in [-0.15, -0.1) is 0 Å². The van der Waals surface area contributed by atoms with Crippen LogP contribution in [0.3, 0.4) is 0 Å². The number of para-hydroxylation sites is 4. The maximum Gasteiger partial charge on any atom is 0.255 e. The van der Waals surface area contributed by atoms with Crippen LogP contribution in [0.25, 0.3) is 0 Å². The minimum absolute atomic E-state index is 0.226. The lowest BCUT2D eigenvalue weighted by atomic mass is 9.88. The molecule has 0 bridgehead atoms. The minimum Gasteiger partial charge on any atom is -0.491 e. The SMILES string of the molecule is Cc1c(C)c(CN(CCOc2ccccc2C(=O)NCc2ccccc2)CCOc2ccccc2C(=O)NCc2ccccc2)c(C)c(C)c1CN(CCOc1ccccc1C(=O)NCc1ccccc1)CCOc1ccccc1C(=O)NCc1ccccc1. The molecule has 0 saturated carbocycles. The van der Waals surface area contributed by atoms with E-state index in [9.17, 15) is 19.2 Å². The molecule has 0 saturated heterocycles. The van der Waals surface area contributed by atoms with Crippen molar-refractivity contribution >= 4 is 23.6 Å². The van der Waals surface area contributed by atoms with Crippen molar-refractivity contribution in [3.63, 3.8) is 0 Å². The molecule has 4 amide bonds. The van der Waals surface area contributed by atoms with E-state index < -0.39 is 0 Å². The lowest BCUT2D eigenvalue weighted by Gasteiger charge is -2.29. The fourth-order valence-electron chi connectivity index (χ4n) is 10.7. The van der Waals surface area contributed by atoms with Gasteiger partial charge in [0, 0.05) is 65.4 Å². The predicted molar refractivity (Wildman–Crippen MR) is 354 cm³/mol. The van der Waals surface area contributed by atoms with Crippen LogP contribution in [-0.2, 0) is 39.3 Å². The smallest absolute Gasteiger partial charge is 0.255 e. The Hall–Kier alpha value is -10.0. The molecule has 0 heterocycles. The van der Waals surface area contributed by atoms with Crippen molar-refractivity contribution in [2.45, 2.75) is 67.0 Å². The Bertz CT molecular complexity index is 3310. The molecule has 0 unspecified atom stereocenters. The Morgan fingerprint density at radius 3 is 0.711 bits per heavy atom. The zero-order chi connectivity index (χ0) is 62.9. The van der Waals surface area contributed by atoms with Gasteiger partial charge in [-0.05, 0) is 132 Å². The second kappa shape index (κ2) is 33.4. The molecule has 0 atom stereocenters. The van der Waals surface area contributed by atoms with E-state index in [0.717, 1.165) is 44.5 Å². The summed E-state index contributed by atoms with van der Waals surface area (Å²) in [6.45, 7) is 14.4. The molecule has 90 heavy (non-hydrogen) atoms. The van der Waals surface area contributed by atoms with E-state index in [2.05, 4.69) is 58.8 Å². The van der Waals surface area contributed by atoms with E-state index in [1.165, 1.54) is 11.1 Å². The average Bonchev–Trinajstić information content (AvgIpc) is 0.881. The van der Waals surface area contributed by atoms with Crippen LogP contribution in [0.15, 0.2) is 218 Å². The summed E-state index contributed by atoms with van der Waals surface area (Å²) in [7, 11) is 0. The summed E-state index contributed by atoms with van der Waals surface area (Å²) < 4.78 is 25.9. The number of hydrogen-bond donors (Lipinski definition) is 4. The second-order valence-corrected chi connectivity index (χ2v) is 22.1. The van der Waals surface area contributed by atoms with Crippen molar-refractivity contribution in [3.05, 3.63) is 296 Å². The third-order valence-corrected chi connectivity index (χ3v) is 16.1. The van der Waals surface area contributed by atoms with Gasteiger partial charge in [0.1, 0.15) is 49.4 Å². The summed E-state index contributed by atoms with van der Waals surface area (Å²) in [6, 6.07) is 68.4. The van der Waals surface area contributed by atoms with Crippen LogP contribution in [-0.4, -0.2) is 86.0 Å². The number of nitrogens with one attached hydrogen (secondary N) is 4. The standard InChI is InChI=1S/C76H80N6O8/c1-55-56(2)68(54-82(43-47-89-71-39-23-19-35-65(71)75(85)79-51-61-29-13-7-14-30-61)44-48-90-72-40-24-20-36-66(72)76(86)80-52-62-31-15-8-16-32-62)58(4)57(3)67(55)53-81(41-45-87-69-37-21-17-33-63(69)73(83)77-49-59-25-9-5-10-26-59)42-46-88-70-38-22-18-34-64(70)74(84)78-50-60-27-11-6-12-28-60/h5-40H,41-54H2,1-4H3,(H,77,83)(H,78,84)(H,79,85)(H,80,86). The second-order valence-electron chi connectivity index (χ2n) is 22.1. The van der Waals surface area contributed by atoms with Crippen molar-refractivity contribution in [1.82, 2.24) is 31.1 Å². The van der Waals surface area contributed by atoms with Gasteiger partial charge in [0.25, 0.3) is 23.6 Å². The average molecular weight is 1210 g/mol. The monoisotopic (exact) mass is 1200 g/mol. The number of ether oxygens (including phenoxy) is 4. The Balaban J connectivity index is 0.930. The summed E-state index contributed by atoms with van der Waals surface area (Å²) in [4.78, 5) is 59.0. The first kappa shape index (κ1) is 64.5. The molecule has 9 aromatic carbocycles. The third-order valence-electron chi connectivity index (χ3n) is 16.1. The Labute approximate surface area is 529 Å².